The number of piperidine rings is 1. The monoisotopic (exact) mass is 385 g/mol. The molecule has 7 nitrogen and oxygen atoms in total. The van der Waals surface area contributed by atoms with Crippen LogP contribution >= 0.6 is 0 Å². The molecule has 0 radical (unpaired) electrons. The predicted octanol–water partition coefficient (Wildman–Crippen LogP) is 4.37. The van der Waals surface area contributed by atoms with Gasteiger partial charge in [0.25, 0.3) is 0 Å². The normalized spacial score (nSPS) is 15.8. The van der Waals surface area contributed by atoms with E-state index in [9.17, 15) is 9.59 Å². The minimum absolute atomic E-state index is 0.0420. The molecule has 1 aliphatic rings. The van der Waals surface area contributed by atoms with Crippen LogP contribution in [0, 0.1) is 0 Å². The zero-order valence-corrected chi connectivity index (χ0v) is 17.3. The highest BCUT2D eigenvalue weighted by Crippen LogP contribution is 2.10. The number of hydrogen-bond donors (Lipinski definition) is 2. The molecule has 0 aromatic rings. The summed E-state index contributed by atoms with van der Waals surface area (Å²) >= 11 is 0. The largest absolute Gasteiger partial charge is 0.449 e. The van der Waals surface area contributed by atoms with E-state index in [1.807, 2.05) is 0 Å². The van der Waals surface area contributed by atoms with E-state index in [4.69, 9.17) is 9.57 Å². The molecule has 1 heterocycles. The lowest BCUT2D eigenvalue weighted by Gasteiger charge is -2.26. The lowest BCUT2D eigenvalue weighted by Crippen LogP contribution is -2.41. The maximum Gasteiger partial charge on any atom is 0.426 e. The maximum absolute atomic E-state index is 12.1. The Kier molecular flexibility index (Phi) is 13.6. The number of carbonyl (C=O) groups is 2. The van der Waals surface area contributed by atoms with Crippen LogP contribution in [0.25, 0.3) is 0 Å². The highest BCUT2D eigenvalue weighted by molar-refractivity contribution is 5.67. The van der Waals surface area contributed by atoms with Crippen molar-refractivity contribution in [1.29, 1.82) is 0 Å². The van der Waals surface area contributed by atoms with Gasteiger partial charge in [-0.2, -0.15) is 0 Å². The first-order chi connectivity index (χ1) is 13.2. The van der Waals surface area contributed by atoms with Gasteiger partial charge >= 0.3 is 12.2 Å². The Balaban J connectivity index is 2.21. The SMILES string of the molecule is CCCCCCNC(=O)OCCC(CCCC)NC(=O)ON1CCCCC1. The molecule has 1 unspecified atom stereocenters. The molecular weight excluding hydrogens is 346 g/mol. The number of alkyl carbamates (subject to hydrolysis) is 1. The molecule has 0 spiro atoms. The van der Waals surface area contributed by atoms with E-state index < -0.39 is 6.09 Å². The first kappa shape index (κ1) is 23.5. The van der Waals surface area contributed by atoms with Crippen LogP contribution in [0.3, 0.4) is 0 Å². The summed E-state index contributed by atoms with van der Waals surface area (Å²) in [5.41, 5.74) is 0. The van der Waals surface area contributed by atoms with Gasteiger partial charge in [0.05, 0.1) is 6.61 Å². The molecule has 7 heteroatoms. The number of carbonyl (C=O) groups excluding carboxylic acids is 2. The van der Waals surface area contributed by atoms with Crippen LogP contribution in [0.5, 0.6) is 0 Å². The number of ether oxygens (including phenoxy) is 1. The van der Waals surface area contributed by atoms with Gasteiger partial charge in [-0.15, -0.1) is 5.06 Å². The van der Waals surface area contributed by atoms with Gasteiger partial charge in [0.1, 0.15) is 0 Å². The van der Waals surface area contributed by atoms with Crippen molar-refractivity contribution in [3.63, 3.8) is 0 Å². The Labute approximate surface area is 164 Å². The van der Waals surface area contributed by atoms with E-state index in [-0.39, 0.29) is 12.1 Å². The maximum atomic E-state index is 12.1. The van der Waals surface area contributed by atoms with Crippen molar-refractivity contribution in [2.75, 3.05) is 26.2 Å². The van der Waals surface area contributed by atoms with E-state index in [0.29, 0.717) is 19.6 Å². The molecule has 27 heavy (non-hydrogen) atoms. The van der Waals surface area contributed by atoms with Crippen LogP contribution in [0.2, 0.25) is 0 Å². The average Bonchev–Trinajstić information content (AvgIpc) is 2.66. The molecule has 0 aliphatic carbocycles. The quantitative estimate of drug-likeness (QED) is 0.460. The summed E-state index contributed by atoms with van der Waals surface area (Å²) < 4.78 is 5.24. The van der Waals surface area contributed by atoms with Crippen molar-refractivity contribution in [3.05, 3.63) is 0 Å². The van der Waals surface area contributed by atoms with E-state index in [1.165, 1.54) is 19.3 Å². The van der Waals surface area contributed by atoms with Crippen LogP contribution < -0.4 is 10.6 Å². The summed E-state index contributed by atoms with van der Waals surface area (Å²) in [5.74, 6) is 0. The van der Waals surface area contributed by atoms with Crippen molar-refractivity contribution < 1.29 is 19.2 Å². The molecule has 1 rings (SSSR count). The third-order valence-corrected chi connectivity index (χ3v) is 4.75. The van der Waals surface area contributed by atoms with Gasteiger partial charge in [0.15, 0.2) is 0 Å². The van der Waals surface area contributed by atoms with E-state index >= 15 is 0 Å². The fourth-order valence-corrected chi connectivity index (χ4v) is 3.09. The van der Waals surface area contributed by atoms with Crippen molar-refractivity contribution in [1.82, 2.24) is 15.7 Å². The van der Waals surface area contributed by atoms with Crippen molar-refractivity contribution in [2.45, 2.75) is 90.5 Å². The highest BCUT2D eigenvalue weighted by atomic mass is 16.7. The Morgan fingerprint density at radius 1 is 0.926 bits per heavy atom. The topological polar surface area (TPSA) is 79.9 Å². The summed E-state index contributed by atoms with van der Waals surface area (Å²) in [4.78, 5) is 29.2. The van der Waals surface area contributed by atoms with E-state index in [2.05, 4.69) is 24.5 Å². The lowest BCUT2D eigenvalue weighted by atomic mass is 10.1. The molecular formula is C20H39N3O4. The zero-order chi connectivity index (χ0) is 19.7. The zero-order valence-electron chi connectivity index (χ0n) is 17.3. The number of nitrogens with one attached hydrogen (secondary N) is 2. The van der Waals surface area contributed by atoms with Gasteiger partial charge in [-0.1, -0.05) is 52.4 Å². The number of nitrogens with zero attached hydrogens (tertiary/aromatic N) is 1. The van der Waals surface area contributed by atoms with Gasteiger partial charge in [-0.05, 0) is 25.7 Å². The highest BCUT2D eigenvalue weighted by Gasteiger charge is 2.18. The van der Waals surface area contributed by atoms with Gasteiger partial charge in [-0.3, -0.25) is 0 Å². The Hall–Kier alpha value is -1.50. The Morgan fingerprint density at radius 3 is 2.37 bits per heavy atom. The Morgan fingerprint density at radius 2 is 1.67 bits per heavy atom. The first-order valence-corrected chi connectivity index (χ1v) is 10.8. The molecule has 2 amide bonds. The number of amides is 2. The predicted molar refractivity (Wildman–Crippen MR) is 106 cm³/mol. The molecule has 1 saturated heterocycles. The smallest absolute Gasteiger partial charge is 0.426 e. The van der Waals surface area contributed by atoms with Crippen LogP contribution in [0.15, 0.2) is 0 Å². The fraction of sp³-hybridized carbons (Fsp3) is 0.900. The second kappa shape index (κ2) is 15.5. The third-order valence-electron chi connectivity index (χ3n) is 4.75. The lowest BCUT2D eigenvalue weighted by molar-refractivity contribution is -0.111. The van der Waals surface area contributed by atoms with Gasteiger partial charge in [0.2, 0.25) is 0 Å². The number of hydrogen-bond acceptors (Lipinski definition) is 5. The molecule has 0 aromatic heterocycles. The van der Waals surface area contributed by atoms with Gasteiger partial charge in [-0.25, -0.2) is 9.59 Å². The molecule has 1 aliphatic heterocycles. The summed E-state index contributed by atoms with van der Waals surface area (Å²) in [6.45, 7) is 6.82. The third kappa shape index (κ3) is 12.5. The average molecular weight is 386 g/mol. The van der Waals surface area contributed by atoms with Crippen LogP contribution in [-0.2, 0) is 9.57 Å². The number of hydroxylamine groups is 2. The van der Waals surface area contributed by atoms with Gasteiger partial charge in [0, 0.05) is 32.1 Å². The molecule has 158 valence electrons. The van der Waals surface area contributed by atoms with Crippen LogP contribution in [-0.4, -0.2) is 49.5 Å². The van der Waals surface area contributed by atoms with Crippen LogP contribution in [0.1, 0.15) is 84.5 Å². The summed E-state index contributed by atoms with van der Waals surface area (Å²) in [7, 11) is 0. The molecule has 0 saturated carbocycles. The molecule has 0 aromatic carbocycles. The molecule has 2 N–H and O–H groups in total. The minimum atomic E-state index is -0.404. The second-order valence-electron chi connectivity index (χ2n) is 7.26. The molecule has 1 fully saturated rings. The summed E-state index contributed by atoms with van der Waals surface area (Å²) in [6.07, 6.45) is 10.5. The van der Waals surface area contributed by atoms with Gasteiger partial charge < -0.3 is 20.2 Å². The summed E-state index contributed by atoms with van der Waals surface area (Å²) in [5, 5.41) is 7.43. The molecule has 1 atom stereocenters. The standard InChI is InChI=1S/C20H39N3O4/c1-3-5-7-9-14-21-19(24)26-17-13-18(12-6-4-2)22-20(25)27-23-15-10-8-11-16-23/h18H,3-17H2,1-2H3,(H,21,24)(H,22,25). The molecule has 0 bridgehead atoms. The number of rotatable bonds is 13. The summed E-state index contributed by atoms with van der Waals surface area (Å²) in [6, 6.07) is -0.0420. The Bertz CT molecular complexity index is 401. The minimum Gasteiger partial charge on any atom is -0.449 e. The second-order valence-corrected chi connectivity index (χ2v) is 7.26. The van der Waals surface area contributed by atoms with E-state index in [1.54, 1.807) is 5.06 Å². The van der Waals surface area contributed by atoms with Crippen molar-refractivity contribution in [2.24, 2.45) is 0 Å². The van der Waals surface area contributed by atoms with E-state index in [0.717, 1.165) is 58.0 Å². The fourth-order valence-electron chi connectivity index (χ4n) is 3.09. The first-order valence-electron chi connectivity index (χ1n) is 10.8. The van der Waals surface area contributed by atoms with Crippen LogP contribution in [0.4, 0.5) is 9.59 Å². The van der Waals surface area contributed by atoms with Crippen molar-refractivity contribution in [3.8, 4) is 0 Å². The number of unbranched alkanes of at least 4 members (excludes halogenated alkanes) is 4. The van der Waals surface area contributed by atoms with Crippen molar-refractivity contribution >= 4 is 12.2 Å².